The summed E-state index contributed by atoms with van der Waals surface area (Å²) in [7, 11) is 0. The van der Waals surface area contributed by atoms with Crippen molar-refractivity contribution >= 4 is 5.97 Å². The van der Waals surface area contributed by atoms with Crippen LogP contribution in [0.3, 0.4) is 0 Å². The number of aliphatic hydroxyl groups is 1. The lowest BCUT2D eigenvalue weighted by Crippen LogP contribution is -2.37. The molecule has 1 aliphatic carbocycles. The van der Waals surface area contributed by atoms with Crippen LogP contribution in [0, 0.1) is 17.3 Å². The molecule has 0 spiro atoms. The zero-order valence-corrected chi connectivity index (χ0v) is 14.1. The second kappa shape index (κ2) is 8.77. The molecule has 2 N–H and O–H groups in total. The van der Waals surface area contributed by atoms with Gasteiger partial charge in [0.05, 0.1) is 6.10 Å². The van der Waals surface area contributed by atoms with E-state index < -0.39 is 5.97 Å². The molecule has 1 fully saturated rings. The Morgan fingerprint density at radius 3 is 2.38 bits per heavy atom. The van der Waals surface area contributed by atoms with Gasteiger partial charge in [0.2, 0.25) is 0 Å². The maximum Gasteiger partial charge on any atom is 0.303 e. The topological polar surface area (TPSA) is 57.5 Å². The highest BCUT2D eigenvalue weighted by molar-refractivity contribution is 5.66. The van der Waals surface area contributed by atoms with Crippen molar-refractivity contribution in [1.82, 2.24) is 0 Å². The van der Waals surface area contributed by atoms with E-state index in [2.05, 4.69) is 20.8 Å². The van der Waals surface area contributed by atoms with Crippen LogP contribution in [0.2, 0.25) is 0 Å². The van der Waals surface area contributed by atoms with E-state index >= 15 is 0 Å². The number of rotatable bonds is 9. The van der Waals surface area contributed by atoms with E-state index in [0.29, 0.717) is 23.7 Å². The van der Waals surface area contributed by atoms with Crippen LogP contribution in [0.5, 0.6) is 0 Å². The Kier molecular flexibility index (Phi) is 7.72. The molecule has 3 nitrogen and oxygen atoms in total. The number of unbranched alkanes of at least 4 members (excludes halogenated alkanes) is 4. The van der Waals surface area contributed by atoms with Crippen molar-refractivity contribution in [2.45, 2.75) is 91.1 Å². The Balaban J connectivity index is 2.16. The lowest BCUT2D eigenvalue weighted by Gasteiger charge is -2.42. The molecule has 1 rings (SSSR count). The molecule has 0 aromatic heterocycles. The Hall–Kier alpha value is -0.570. The molecule has 3 atom stereocenters. The van der Waals surface area contributed by atoms with Gasteiger partial charge in [-0.3, -0.25) is 4.79 Å². The normalized spacial score (nSPS) is 29.8. The summed E-state index contributed by atoms with van der Waals surface area (Å²) in [5, 5.41) is 18.9. The number of carbonyl (C=O) groups is 1. The van der Waals surface area contributed by atoms with E-state index in [1.165, 1.54) is 25.7 Å². The third-order valence-corrected chi connectivity index (χ3v) is 5.30. The van der Waals surface area contributed by atoms with Gasteiger partial charge < -0.3 is 10.2 Å². The Morgan fingerprint density at radius 2 is 1.81 bits per heavy atom. The minimum Gasteiger partial charge on any atom is -0.481 e. The molecule has 21 heavy (non-hydrogen) atoms. The first-order valence-electron chi connectivity index (χ1n) is 8.74. The van der Waals surface area contributed by atoms with Crippen LogP contribution in [0.15, 0.2) is 0 Å². The van der Waals surface area contributed by atoms with Crippen LogP contribution >= 0.6 is 0 Å². The second-order valence-electron chi connectivity index (χ2n) is 7.69. The van der Waals surface area contributed by atoms with Crippen LogP contribution < -0.4 is 0 Å². The zero-order valence-electron chi connectivity index (χ0n) is 14.1. The Morgan fingerprint density at radius 1 is 1.19 bits per heavy atom. The number of aliphatic hydroxyl groups excluding tert-OH is 1. The van der Waals surface area contributed by atoms with Crippen LogP contribution in [0.25, 0.3) is 0 Å². The molecule has 124 valence electrons. The smallest absolute Gasteiger partial charge is 0.303 e. The highest BCUT2D eigenvalue weighted by Crippen LogP contribution is 2.44. The van der Waals surface area contributed by atoms with Gasteiger partial charge in [-0.2, -0.15) is 0 Å². The van der Waals surface area contributed by atoms with E-state index in [0.717, 1.165) is 32.1 Å². The fraction of sp³-hybridized carbons (Fsp3) is 0.944. The first-order chi connectivity index (χ1) is 9.84. The number of carboxylic acids is 1. The minimum absolute atomic E-state index is 0.126. The maximum absolute atomic E-state index is 10.4. The Labute approximate surface area is 130 Å². The molecule has 0 amide bonds. The zero-order chi connectivity index (χ0) is 15.9. The molecule has 3 unspecified atom stereocenters. The summed E-state index contributed by atoms with van der Waals surface area (Å²) < 4.78 is 0. The van der Waals surface area contributed by atoms with Gasteiger partial charge in [0.25, 0.3) is 0 Å². The summed E-state index contributed by atoms with van der Waals surface area (Å²) in [5.74, 6) is 0.381. The summed E-state index contributed by atoms with van der Waals surface area (Å²) in [5.41, 5.74) is 0.311. The van der Waals surface area contributed by atoms with Gasteiger partial charge in [0.1, 0.15) is 0 Å². The summed E-state index contributed by atoms with van der Waals surface area (Å²) >= 11 is 0. The Bertz CT molecular complexity index is 314. The molecular formula is C18H34O3. The summed E-state index contributed by atoms with van der Waals surface area (Å²) in [6.07, 6.45) is 10.1. The van der Waals surface area contributed by atoms with E-state index in [1.807, 2.05) is 0 Å². The molecule has 0 bridgehead atoms. The quantitative estimate of drug-likeness (QED) is 0.610. The first-order valence-corrected chi connectivity index (χ1v) is 8.74. The van der Waals surface area contributed by atoms with Crippen LogP contribution in [0.4, 0.5) is 0 Å². The van der Waals surface area contributed by atoms with Gasteiger partial charge in [-0.05, 0) is 49.4 Å². The molecule has 1 saturated carbocycles. The molecule has 0 radical (unpaired) electrons. The molecule has 1 aliphatic rings. The van der Waals surface area contributed by atoms with Crippen LogP contribution in [-0.2, 0) is 4.79 Å². The van der Waals surface area contributed by atoms with Crippen LogP contribution in [-0.4, -0.2) is 22.3 Å². The van der Waals surface area contributed by atoms with Crippen molar-refractivity contribution in [3.63, 3.8) is 0 Å². The molecule has 0 aliphatic heterocycles. The van der Waals surface area contributed by atoms with Gasteiger partial charge >= 0.3 is 5.97 Å². The number of hydrogen-bond donors (Lipinski definition) is 2. The molecular weight excluding hydrogens is 264 g/mol. The maximum atomic E-state index is 10.4. The SMILES string of the molecule is CC(C)C1CCC(C)(CCCCCCCC(=O)O)CC1O. The summed E-state index contributed by atoms with van der Waals surface area (Å²) in [4.78, 5) is 10.4. The first kappa shape index (κ1) is 18.5. The highest BCUT2D eigenvalue weighted by atomic mass is 16.4. The van der Waals surface area contributed by atoms with Crippen molar-refractivity contribution in [3.8, 4) is 0 Å². The number of carboxylic acid groups (broad SMARTS) is 1. The average molecular weight is 298 g/mol. The van der Waals surface area contributed by atoms with Gasteiger partial charge in [-0.25, -0.2) is 0 Å². The van der Waals surface area contributed by atoms with Gasteiger partial charge in [-0.15, -0.1) is 0 Å². The van der Waals surface area contributed by atoms with Crippen LogP contribution in [0.1, 0.15) is 85.0 Å². The fourth-order valence-electron chi connectivity index (χ4n) is 3.83. The van der Waals surface area contributed by atoms with Gasteiger partial charge in [0, 0.05) is 6.42 Å². The average Bonchev–Trinajstić information content (AvgIpc) is 2.36. The minimum atomic E-state index is -0.682. The van der Waals surface area contributed by atoms with Crippen molar-refractivity contribution in [1.29, 1.82) is 0 Å². The molecule has 0 aromatic rings. The van der Waals surface area contributed by atoms with Crippen molar-refractivity contribution < 1.29 is 15.0 Å². The molecule has 0 aromatic carbocycles. The van der Waals surface area contributed by atoms with Gasteiger partial charge in [-0.1, -0.05) is 46.5 Å². The predicted octanol–water partition coefficient (Wildman–Crippen LogP) is 4.63. The standard InChI is InChI=1S/C18H34O3/c1-14(2)15-10-12-18(3,13-16(15)19)11-8-6-4-5-7-9-17(20)21/h14-16,19H,4-13H2,1-3H3,(H,20,21). The fourth-order valence-corrected chi connectivity index (χ4v) is 3.83. The second-order valence-corrected chi connectivity index (χ2v) is 7.69. The van der Waals surface area contributed by atoms with Gasteiger partial charge in [0.15, 0.2) is 0 Å². The monoisotopic (exact) mass is 298 g/mol. The largest absolute Gasteiger partial charge is 0.481 e. The van der Waals surface area contributed by atoms with Crippen molar-refractivity contribution in [2.24, 2.45) is 17.3 Å². The predicted molar refractivity (Wildman–Crippen MR) is 86.2 cm³/mol. The van der Waals surface area contributed by atoms with Crippen molar-refractivity contribution in [3.05, 3.63) is 0 Å². The molecule has 0 heterocycles. The highest BCUT2D eigenvalue weighted by Gasteiger charge is 2.37. The summed E-state index contributed by atoms with van der Waals surface area (Å²) in [6.45, 7) is 6.76. The van der Waals surface area contributed by atoms with E-state index in [9.17, 15) is 9.90 Å². The van der Waals surface area contributed by atoms with Crippen molar-refractivity contribution in [2.75, 3.05) is 0 Å². The summed E-state index contributed by atoms with van der Waals surface area (Å²) in [6, 6.07) is 0. The van der Waals surface area contributed by atoms with E-state index in [1.54, 1.807) is 0 Å². The lowest BCUT2D eigenvalue weighted by atomic mass is 9.65. The third-order valence-electron chi connectivity index (χ3n) is 5.30. The van der Waals surface area contributed by atoms with E-state index in [-0.39, 0.29) is 6.10 Å². The number of hydrogen-bond acceptors (Lipinski definition) is 2. The lowest BCUT2D eigenvalue weighted by molar-refractivity contribution is -0.137. The molecule has 3 heteroatoms. The third kappa shape index (κ3) is 6.82. The molecule has 0 saturated heterocycles. The number of aliphatic carboxylic acids is 1. The van der Waals surface area contributed by atoms with E-state index in [4.69, 9.17) is 5.11 Å².